The number of primary amides is 1. The summed E-state index contributed by atoms with van der Waals surface area (Å²) in [6.45, 7) is 4.98. The molecule has 4 N–H and O–H groups in total. The van der Waals surface area contributed by atoms with Gasteiger partial charge < -0.3 is 10.6 Å². The first-order valence-corrected chi connectivity index (χ1v) is 11.7. The van der Waals surface area contributed by atoms with E-state index in [-0.39, 0.29) is 24.9 Å². The molecule has 2 aliphatic rings. The van der Waals surface area contributed by atoms with Gasteiger partial charge in [-0.05, 0) is 30.4 Å². The second-order valence-electron chi connectivity index (χ2n) is 8.32. The maximum Gasteiger partial charge on any atom is 0.394 e. The summed E-state index contributed by atoms with van der Waals surface area (Å²) in [5, 5.41) is 0. The van der Waals surface area contributed by atoms with Crippen LogP contribution in [-0.2, 0) is 26.4 Å². The number of para-hydroxylation sites is 1. The fraction of sp³-hybridized carbons (Fsp3) is 0.524. The molecular weight excluding hydrogens is 441 g/mol. The Bertz CT molecular complexity index is 945. The van der Waals surface area contributed by atoms with Gasteiger partial charge in [0.1, 0.15) is 6.17 Å². The topological polar surface area (TPSA) is 141 Å². The molecule has 1 saturated heterocycles. The molecule has 3 atom stereocenters. The minimum absolute atomic E-state index is 0.0830. The van der Waals surface area contributed by atoms with Crippen molar-refractivity contribution in [2.24, 2.45) is 11.7 Å². The largest absolute Gasteiger partial charge is 0.394 e. The summed E-state index contributed by atoms with van der Waals surface area (Å²) in [7, 11) is -4.67. The van der Waals surface area contributed by atoms with E-state index in [4.69, 9.17) is 23.3 Å². The summed E-state index contributed by atoms with van der Waals surface area (Å²) in [6.07, 6.45) is 4.04. The van der Waals surface area contributed by atoms with Gasteiger partial charge in [0.05, 0.1) is 6.04 Å². The molecule has 9 nitrogen and oxygen atoms in total. The van der Waals surface area contributed by atoms with E-state index in [0.717, 1.165) is 18.5 Å². The van der Waals surface area contributed by atoms with Crippen LogP contribution in [-0.4, -0.2) is 65.6 Å². The van der Waals surface area contributed by atoms with Crippen LogP contribution >= 0.6 is 0 Å². The molecular formula is C21H30FN3O6S. The fourth-order valence-electron chi connectivity index (χ4n) is 4.11. The molecule has 11 heteroatoms. The first-order chi connectivity index (χ1) is 14.9. The van der Waals surface area contributed by atoms with Crippen molar-refractivity contribution in [2.45, 2.75) is 51.4 Å². The van der Waals surface area contributed by atoms with Crippen LogP contribution in [0.25, 0.3) is 0 Å². The molecule has 32 heavy (non-hydrogen) atoms. The van der Waals surface area contributed by atoms with E-state index in [0.29, 0.717) is 12.5 Å². The van der Waals surface area contributed by atoms with Crippen molar-refractivity contribution >= 4 is 27.9 Å². The summed E-state index contributed by atoms with van der Waals surface area (Å²) in [4.78, 5) is 28.1. The monoisotopic (exact) mass is 471 g/mol. The van der Waals surface area contributed by atoms with Crippen molar-refractivity contribution in [3.63, 3.8) is 0 Å². The SMILES string of the molecule is CC(C)C[C@@H](/C=C/C(=O)N1CCc2ccccc21)N1C[C@@H](F)C[C@H]1C(N)=O.O=S(=O)(O)O. The Labute approximate surface area is 187 Å². The average molecular weight is 472 g/mol. The van der Waals surface area contributed by atoms with Crippen molar-refractivity contribution in [1.82, 2.24) is 4.90 Å². The van der Waals surface area contributed by atoms with Crippen molar-refractivity contribution in [1.29, 1.82) is 0 Å². The zero-order valence-corrected chi connectivity index (χ0v) is 18.9. The summed E-state index contributed by atoms with van der Waals surface area (Å²) >= 11 is 0. The van der Waals surface area contributed by atoms with Gasteiger partial charge in [-0.15, -0.1) is 0 Å². The number of halogens is 1. The van der Waals surface area contributed by atoms with Gasteiger partial charge in [-0.3, -0.25) is 23.6 Å². The Balaban J connectivity index is 0.000000654. The number of benzene rings is 1. The number of hydrogen-bond acceptors (Lipinski definition) is 5. The Hall–Kier alpha value is -2.34. The highest BCUT2D eigenvalue weighted by molar-refractivity contribution is 7.79. The van der Waals surface area contributed by atoms with Crippen LogP contribution in [0.3, 0.4) is 0 Å². The molecule has 1 aromatic rings. The lowest BCUT2D eigenvalue weighted by molar-refractivity contribution is -0.122. The van der Waals surface area contributed by atoms with Gasteiger partial charge in [0.25, 0.3) is 5.91 Å². The summed E-state index contributed by atoms with van der Waals surface area (Å²) in [5.41, 5.74) is 7.61. The average Bonchev–Trinajstić information content (AvgIpc) is 3.27. The molecule has 0 radical (unpaired) electrons. The molecule has 1 aromatic carbocycles. The Morgan fingerprint density at radius 3 is 2.50 bits per heavy atom. The molecule has 0 aliphatic carbocycles. The Morgan fingerprint density at radius 2 is 1.91 bits per heavy atom. The lowest BCUT2D eigenvalue weighted by atomic mass is 10.0. The molecule has 0 saturated carbocycles. The number of anilines is 1. The van der Waals surface area contributed by atoms with Crippen LogP contribution in [0.1, 0.15) is 32.3 Å². The van der Waals surface area contributed by atoms with Crippen LogP contribution in [0.4, 0.5) is 10.1 Å². The van der Waals surface area contributed by atoms with Crippen molar-refractivity contribution in [3.05, 3.63) is 42.0 Å². The predicted octanol–water partition coefficient (Wildman–Crippen LogP) is 1.79. The first kappa shape index (κ1) is 25.9. The molecule has 2 heterocycles. The highest BCUT2D eigenvalue weighted by Gasteiger charge is 2.39. The van der Waals surface area contributed by atoms with Crippen molar-refractivity contribution in [2.75, 3.05) is 18.0 Å². The minimum atomic E-state index is -4.67. The third-order valence-corrected chi connectivity index (χ3v) is 5.37. The highest BCUT2D eigenvalue weighted by Crippen LogP contribution is 2.29. The van der Waals surface area contributed by atoms with Crippen molar-refractivity contribution < 1.29 is 31.5 Å². The summed E-state index contributed by atoms with van der Waals surface area (Å²) < 4.78 is 45.5. The number of carbonyl (C=O) groups is 2. The maximum absolute atomic E-state index is 13.9. The molecule has 0 spiro atoms. The lowest BCUT2D eigenvalue weighted by Crippen LogP contribution is -2.46. The number of rotatable bonds is 6. The first-order valence-electron chi connectivity index (χ1n) is 10.3. The number of nitrogens with two attached hydrogens (primary N) is 1. The van der Waals surface area contributed by atoms with Crippen LogP contribution in [0, 0.1) is 5.92 Å². The van der Waals surface area contributed by atoms with Gasteiger partial charge in [0.2, 0.25) is 5.91 Å². The van der Waals surface area contributed by atoms with E-state index in [2.05, 4.69) is 13.8 Å². The number of alkyl halides is 1. The quantitative estimate of drug-likeness (QED) is 0.424. The van der Waals surface area contributed by atoms with E-state index < -0.39 is 28.5 Å². The molecule has 1 fully saturated rings. The van der Waals surface area contributed by atoms with Crippen LogP contribution in [0.5, 0.6) is 0 Å². The van der Waals surface area contributed by atoms with Gasteiger partial charge in [0.15, 0.2) is 0 Å². The van der Waals surface area contributed by atoms with Crippen LogP contribution < -0.4 is 10.6 Å². The van der Waals surface area contributed by atoms with Gasteiger partial charge >= 0.3 is 10.4 Å². The number of amides is 2. The molecule has 0 bridgehead atoms. The second kappa shape index (κ2) is 11.0. The van der Waals surface area contributed by atoms with Crippen LogP contribution in [0.2, 0.25) is 0 Å². The Kier molecular flexibility index (Phi) is 8.90. The number of fused-ring (bicyclic) bond motifs is 1. The standard InChI is InChI=1S/C21H28FN3O2.H2O4S/c1-14(2)11-17(25-13-16(22)12-19(25)21(23)27)7-8-20(26)24-10-9-15-5-3-4-6-18(15)24;1-5(2,3)4/h3-8,14,16-17,19H,9-13H2,1-2H3,(H2,23,27);(H2,1,2,3,4)/b8-7+;/t16-,17+,19-;/m0./s1. The van der Waals surface area contributed by atoms with Gasteiger partial charge in [-0.25, -0.2) is 4.39 Å². The minimum Gasteiger partial charge on any atom is -0.368 e. The number of carbonyl (C=O) groups excluding carboxylic acids is 2. The molecule has 3 rings (SSSR count). The van der Waals surface area contributed by atoms with E-state index >= 15 is 0 Å². The fourth-order valence-corrected chi connectivity index (χ4v) is 4.11. The Morgan fingerprint density at radius 1 is 1.28 bits per heavy atom. The van der Waals surface area contributed by atoms with Crippen molar-refractivity contribution in [3.8, 4) is 0 Å². The zero-order valence-electron chi connectivity index (χ0n) is 18.1. The molecule has 178 valence electrons. The molecule has 2 amide bonds. The number of likely N-dealkylation sites (tertiary alicyclic amines) is 1. The lowest BCUT2D eigenvalue weighted by Gasteiger charge is -2.30. The van der Waals surface area contributed by atoms with E-state index in [1.165, 1.54) is 5.56 Å². The second-order valence-corrected chi connectivity index (χ2v) is 9.22. The van der Waals surface area contributed by atoms with Gasteiger partial charge in [-0.1, -0.05) is 38.1 Å². The maximum atomic E-state index is 13.9. The summed E-state index contributed by atoms with van der Waals surface area (Å²) in [6, 6.07) is 7.10. The van der Waals surface area contributed by atoms with Gasteiger partial charge in [0, 0.05) is 37.3 Å². The van der Waals surface area contributed by atoms with E-state index in [1.807, 2.05) is 35.2 Å². The third-order valence-electron chi connectivity index (χ3n) is 5.37. The van der Waals surface area contributed by atoms with Crippen LogP contribution in [0.15, 0.2) is 36.4 Å². The van der Waals surface area contributed by atoms with E-state index in [1.54, 1.807) is 11.0 Å². The third kappa shape index (κ3) is 7.66. The number of hydrogen-bond donors (Lipinski definition) is 3. The number of nitrogens with zero attached hydrogens (tertiary/aromatic N) is 2. The highest BCUT2D eigenvalue weighted by atomic mass is 32.3. The summed E-state index contributed by atoms with van der Waals surface area (Å²) in [5.74, 6) is -0.244. The molecule has 0 aromatic heterocycles. The molecule has 2 aliphatic heterocycles. The van der Waals surface area contributed by atoms with Gasteiger partial charge in [-0.2, -0.15) is 8.42 Å². The zero-order chi connectivity index (χ0) is 24.1. The predicted molar refractivity (Wildman–Crippen MR) is 118 cm³/mol. The smallest absolute Gasteiger partial charge is 0.368 e. The van der Waals surface area contributed by atoms with E-state index in [9.17, 15) is 14.0 Å². The molecule has 0 unspecified atom stereocenters. The normalized spacial score (nSPS) is 22.0.